The molecular weight excluding hydrogens is 192 g/mol. The van der Waals surface area contributed by atoms with E-state index >= 15 is 0 Å². The molecule has 1 fully saturated rings. The number of imide groups is 1. The van der Waals surface area contributed by atoms with Crippen LogP contribution in [-0.2, 0) is 4.79 Å². The molecule has 0 bridgehead atoms. The van der Waals surface area contributed by atoms with Gasteiger partial charge in [0.15, 0.2) is 0 Å². The molecule has 2 rings (SSSR count). The Morgan fingerprint density at radius 1 is 1.13 bits per heavy atom. The van der Waals surface area contributed by atoms with Crippen LogP contribution in [-0.4, -0.2) is 30.4 Å². The normalized spacial score (nSPS) is 17.1. The first kappa shape index (κ1) is 9.71. The van der Waals surface area contributed by atoms with Gasteiger partial charge in [-0.25, -0.2) is 9.69 Å². The Morgan fingerprint density at radius 3 is 2.47 bits per heavy atom. The van der Waals surface area contributed by atoms with Gasteiger partial charge in [0.25, 0.3) is 0 Å². The molecule has 1 aliphatic heterocycles. The predicted octanol–water partition coefficient (Wildman–Crippen LogP) is 1.48. The summed E-state index contributed by atoms with van der Waals surface area (Å²) in [5.41, 5.74) is 0.638. The fourth-order valence-corrected chi connectivity index (χ4v) is 1.58. The van der Waals surface area contributed by atoms with Gasteiger partial charge in [-0.3, -0.25) is 4.79 Å². The predicted molar refractivity (Wildman–Crippen MR) is 56.6 cm³/mol. The van der Waals surface area contributed by atoms with Gasteiger partial charge in [0.1, 0.15) is 0 Å². The summed E-state index contributed by atoms with van der Waals surface area (Å²) < 4.78 is 0. The topological polar surface area (TPSA) is 40.6 Å². The van der Waals surface area contributed by atoms with E-state index < -0.39 is 0 Å². The second kappa shape index (κ2) is 3.73. The lowest BCUT2D eigenvalue weighted by atomic mass is 10.2. The average molecular weight is 204 g/mol. The molecule has 0 atom stereocenters. The monoisotopic (exact) mass is 204 g/mol. The number of nitrogens with zero attached hydrogens (tertiary/aromatic N) is 2. The lowest BCUT2D eigenvalue weighted by molar-refractivity contribution is -0.119. The molecule has 0 radical (unpaired) electrons. The van der Waals surface area contributed by atoms with E-state index in [1.807, 2.05) is 18.2 Å². The number of urea groups is 1. The molecule has 1 saturated heterocycles. The third kappa shape index (κ3) is 1.70. The molecule has 15 heavy (non-hydrogen) atoms. The third-order valence-corrected chi connectivity index (χ3v) is 2.44. The third-order valence-electron chi connectivity index (χ3n) is 2.44. The van der Waals surface area contributed by atoms with Crippen LogP contribution in [0.5, 0.6) is 0 Å². The molecule has 0 unspecified atom stereocenters. The second-order valence-electron chi connectivity index (χ2n) is 3.52. The Labute approximate surface area is 88.1 Å². The van der Waals surface area contributed by atoms with Crippen molar-refractivity contribution < 1.29 is 9.59 Å². The van der Waals surface area contributed by atoms with Gasteiger partial charge in [0.05, 0.1) is 5.69 Å². The molecule has 0 aliphatic carbocycles. The number of hydrogen-bond donors (Lipinski definition) is 0. The smallest absolute Gasteiger partial charge is 0.327 e. The van der Waals surface area contributed by atoms with E-state index in [4.69, 9.17) is 0 Å². The molecule has 0 N–H and O–H groups in total. The van der Waals surface area contributed by atoms with Crippen molar-refractivity contribution in [2.75, 3.05) is 18.5 Å². The molecule has 3 amide bonds. The molecule has 1 aromatic rings. The first-order chi connectivity index (χ1) is 7.20. The molecule has 0 aromatic heterocycles. The standard InChI is InChI=1S/C11H12N2O2/c1-12-8-7-10(14)13(11(12)15)9-5-3-2-4-6-9/h2-6H,7-8H2,1H3. The Hall–Kier alpha value is -1.84. The average Bonchev–Trinajstić information content (AvgIpc) is 2.26. The minimum absolute atomic E-state index is 0.135. The van der Waals surface area contributed by atoms with Crippen LogP contribution in [0.1, 0.15) is 6.42 Å². The van der Waals surface area contributed by atoms with Gasteiger partial charge in [-0.1, -0.05) is 18.2 Å². The summed E-state index contributed by atoms with van der Waals surface area (Å²) in [6.45, 7) is 0.501. The van der Waals surface area contributed by atoms with Gasteiger partial charge in [0, 0.05) is 20.0 Å². The zero-order chi connectivity index (χ0) is 10.8. The lowest BCUT2D eigenvalue weighted by Gasteiger charge is -2.31. The number of carbonyl (C=O) groups excluding carboxylic acids is 2. The largest absolute Gasteiger partial charge is 0.331 e. The number of hydrogen-bond acceptors (Lipinski definition) is 2. The van der Waals surface area contributed by atoms with Crippen LogP contribution in [0.3, 0.4) is 0 Å². The SMILES string of the molecule is CN1CCC(=O)N(c2ccccc2)C1=O. The number of benzene rings is 1. The number of para-hydroxylation sites is 1. The van der Waals surface area contributed by atoms with E-state index in [0.717, 1.165) is 0 Å². The second-order valence-corrected chi connectivity index (χ2v) is 3.52. The highest BCUT2D eigenvalue weighted by molar-refractivity contribution is 6.15. The highest BCUT2D eigenvalue weighted by Crippen LogP contribution is 2.19. The van der Waals surface area contributed by atoms with Crippen molar-refractivity contribution in [1.29, 1.82) is 0 Å². The molecule has 1 heterocycles. The quantitative estimate of drug-likeness (QED) is 0.695. The maximum absolute atomic E-state index is 11.8. The highest BCUT2D eigenvalue weighted by atomic mass is 16.2. The van der Waals surface area contributed by atoms with E-state index in [2.05, 4.69) is 0 Å². The molecule has 78 valence electrons. The molecule has 1 aromatic carbocycles. The van der Waals surface area contributed by atoms with E-state index in [0.29, 0.717) is 18.7 Å². The summed E-state index contributed by atoms with van der Waals surface area (Å²) in [6, 6.07) is 8.74. The zero-order valence-electron chi connectivity index (χ0n) is 8.51. The van der Waals surface area contributed by atoms with Crippen molar-refractivity contribution in [2.24, 2.45) is 0 Å². The summed E-state index contributed by atoms with van der Waals surface area (Å²) in [7, 11) is 1.70. The van der Waals surface area contributed by atoms with Crippen molar-refractivity contribution >= 4 is 17.6 Å². The minimum atomic E-state index is -0.252. The van der Waals surface area contributed by atoms with Crippen LogP contribution in [0.4, 0.5) is 10.5 Å². The summed E-state index contributed by atoms with van der Waals surface area (Å²) >= 11 is 0. The number of amides is 3. The highest BCUT2D eigenvalue weighted by Gasteiger charge is 2.30. The van der Waals surface area contributed by atoms with Gasteiger partial charge in [0.2, 0.25) is 5.91 Å². The van der Waals surface area contributed by atoms with Crippen LogP contribution in [0.25, 0.3) is 0 Å². The van der Waals surface area contributed by atoms with Crippen LogP contribution in [0.15, 0.2) is 30.3 Å². The summed E-state index contributed by atoms with van der Waals surface area (Å²) in [5, 5.41) is 0. The van der Waals surface area contributed by atoms with E-state index in [1.54, 1.807) is 24.1 Å². The van der Waals surface area contributed by atoms with Gasteiger partial charge in [-0.2, -0.15) is 0 Å². The van der Waals surface area contributed by atoms with Gasteiger partial charge in [-0.05, 0) is 12.1 Å². The van der Waals surface area contributed by atoms with Gasteiger partial charge < -0.3 is 4.90 Å². The Morgan fingerprint density at radius 2 is 1.80 bits per heavy atom. The maximum atomic E-state index is 11.8. The first-order valence-corrected chi connectivity index (χ1v) is 4.83. The number of rotatable bonds is 1. The van der Waals surface area contributed by atoms with Gasteiger partial charge in [-0.15, -0.1) is 0 Å². The van der Waals surface area contributed by atoms with Crippen LogP contribution in [0, 0.1) is 0 Å². The molecule has 4 nitrogen and oxygen atoms in total. The van der Waals surface area contributed by atoms with Crippen molar-refractivity contribution in [3.05, 3.63) is 30.3 Å². The molecule has 0 saturated carbocycles. The number of anilines is 1. The molecular formula is C11H12N2O2. The van der Waals surface area contributed by atoms with Crippen molar-refractivity contribution in [3.63, 3.8) is 0 Å². The summed E-state index contributed by atoms with van der Waals surface area (Å²) in [4.78, 5) is 26.2. The Bertz CT molecular complexity index is 389. The van der Waals surface area contributed by atoms with E-state index in [9.17, 15) is 9.59 Å². The van der Waals surface area contributed by atoms with E-state index in [-0.39, 0.29) is 11.9 Å². The fourth-order valence-electron chi connectivity index (χ4n) is 1.58. The Balaban J connectivity index is 2.34. The molecule has 0 spiro atoms. The zero-order valence-corrected chi connectivity index (χ0v) is 8.51. The molecule has 4 heteroatoms. The summed E-state index contributed by atoms with van der Waals surface area (Å²) in [6.07, 6.45) is 0.386. The maximum Gasteiger partial charge on any atom is 0.331 e. The first-order valence-electron chi connectivity index (χ1n) is 4.83. The molecule has 1 aliphatic rings. The lowest BCUT2D eigenvalue weighted by Crippen LogP contribution is -2.50. The minimum Gasteiger partial charge on any atom is -0.327 e. The van der Waals surface area contributed by atoms with Gasteiger partial charge >= 0.3 is 6.03 Å². The number of carbonyl (C=O) groups is 2. The van der Waals surface area contributed by atoms with Crippen LogP contribution >= 0.6 is 0 Å². The Kier molecular flexibility index (Phi) is 2.41. The van der Waals surface area contributed by atoms with Crippen molar-refractivity contribution in [2.45, 2.75) is 6.42 Å². The van der Waals surface area contributed by atoms with Crippen molar-refractivity contribution in [3.8, 4) is 0 Å². The van der Waals surface area contributed by atoms with Crippen LogP contribution in [0.2, 0.25) is 0 Å². The van der Waals surface area contributed by atoms with Crippen LogP contribution < -0.4 is 4.90 Å². The fraction of sp³-hybridized carbons (Fsp3) is 0.273. The van der Waals surface area contributed by atoms with Crippen molar-refractivity contribution in [1.82, 2.24) is 4.90 Å². The summed E-state index contributed by atoms with van der Waals surface area (Å²) in [5.74, 6) is -0.135. The van der Waals surface area contributed by atoms with E-state index in [1.165, 1.54) is 4.90 Å².